The van der Waals surface area contributed by atoms with E-state index in [0.29, 0.717) is 16.2 Å². The molecule has 0 atom stereocenters. The van der Waals surface area contributed by atoms with E-state index in [1.165, 1.54) is 0 Å². The standard InChI is InChI=1S/C14H11N3O2S/c18-14-17-11-7-6-10(8-12(11)19-14)16-13(20)15-9-4-2-1-3-5-9/h1-8H,(H,17,18)(H2,15,16,20). The number of hydrogen-bond acceptors (Lipinski definition) is 3. The molecule has 1 aromatic heterocycles. The third-order valence-electron chi connectivity index (χ3n) is 2.71. The Morgan fingerprint density at radius 1 is 1.05 bits per heavy atom. The number of oxazole rings is 1. The molecule has 1 heterocycles. The fraction of sp³-hybridized carbons (Fsp3) is 0. The second-order valence-corrected chi connectivity index (χ2v) is 4.58. The molecule has 3 rings (SSSR count). The number of thiocarbonyl (C=S) groups is 1. The van der Waals surface area contributed by atoms with Gasteiger partial charge in [-0.05, 0) is 36.5 Å². The SMILES string of the molecule is O=c1[nH]c2ccc(NC(=S)Nc3ccccc3)cc2o1. The highest BCUT2D eigenvalue weighted by atomic mass is 32.1. The van der Waals surface area contributed by atoms with Crippen LogP contribution in [0.3, 0.4) is 0 Å². The van der Waals surface area contributed by atoms with E-state index >= 15 is 0 Å². The Kier molecular flexibility index (Phi) is 3.22. The van der Waals surface area contributed by atoms with E-state index in [1.54, 1.807) is 12.1 Å². The second kappa shape index (κ2) is 5.18. The third kappa shape index (κ3) is 2.70. The van der Waals surface area contributed by atoms with Crippen molar-refractivity contribution in [2.45, 2.75) is 0 Å². The summed E-state index contributed by atoms with van der Waals surface area (Å²) in [5, 5.41) is 6.57. The van der Waals surface area contributed by atoms with E-state index in [9.17, 15) is 4.79 Å². The smallest absolute Gasteiger partial charge is 0.408 e. The number of hydrogen-bond donors (Lipinski definition) is 3. The van der Waals surface area contributed by atoms with Crippen molar-refractivity contribution in [2.75, 3.05) is 10.6 Å². The number of nitrogens with one attached hydrogen (secondary N) is 3. The topological polar surface area (TPSA) is 70.1 Å². The van der Waals surface area contributed by atoms with Gasteiger partial charge in [0.1, 0.15) is 0 Å². The third-order valence-corrected chi connectivity index (χ3v) is 2.91. The van der Waals surface area contributed by atoms with Gasteiger partial charge in [0.05, 0.1) is 5.52 Å². The van der Waals surface area contributed by atoms with Crippen LogP contribution in [0.5, 0.6) is 0 Å². The van der Waals surface area contributed by atoms with Gasteiger partial charge in [-0.3, -0.25) is 4.98 Å². The van der Waals surface area contributed by atoms with E-state index < -0.39 is 5.76 Å². The van der Waals surface area contributed by atoms with Crippen LogP contribution in [0.1, 0.15) is 0 Å². The van der Waals surface area contributed by atoms with E-state index in [0.717, 1.165) is 11.4 Å². The molecule has 0 unspecified atom stereocenters. The molecule has 0 bridgehead atoms. The summed E-state index contributed by atoms with van der Waals surface area (Å²) in [4.78, 5) is 13.7. The molecule has 0 aliphatic rings. The summed E-state index contributed by atoms with van der Waals surface area (Å²) < 4.78 is 4.99. The predicted molar refractivity (Wildman–Crippen MR) is 83.1 cm³/mol. The molecule has 3 aromatic rings. The molecule has 0 fully saturated rings. The highest BCUT2D eigenvalue weighted by molar-refractivity contribution is 7.80. The Balaban J connectivity index is 1.75. The maximum absolute atomic E-state index is 11.1. The number of aromatic amines is 1. The van der Waals surface area contributed by atoms with E-state index in [1.807, 2.05) is 36.4 Å². The van der Waals surface area contributed by atoms with Crippen molar-refractivity contribution in [2.24, 2.45) is 0 Å². The summed E-state index contributed by atoms with van der Waals surface area (Å²) in [6.45, 7) is 0. The first kappa shape index (κ1) is 12.4. The van der Waals surface area contributed by atoms with Crippen molar-refractivity contribution < 1.29 is 4.42 Å². The summed E-state index contributed by atoms with van der Waals surface area (Å²) in [6.07, 6.45) is 0. The second-order valence-electron chi connectivity index (χ2n) is 4.17. The van der Waals surface area contributed by atoms with Crippen molar-refractivity contribution in [3.8, 4) is 0 Å². The molecule has 6 heteroatoms. The van der Waals surface area contributed by atoms with E-state index in [-0.39, 0.29) is 0 Å². The number of rotatable bonds is 2. The van der Waals surface area contributed by atoms with Gasteiger partial charge in [-0.15, -0.1) is 0 Å². The minimum Gasteiger partial charge on any atom is -0.408 e. The van der Waals surface area contributed by atoms with Crippen LogP contribution in [0.25, 0.3) is 11.1 Å². The van der Waals surface area contributed by atoms with Crippen LogP contribution in [0.15, 0.2) is 57.7 Å². The number of benzene rings is 2. The normalized spacial score (nSPS) is 10.4. The fourth-order valence-corrected chi connectivity index (χ4v) is 2.07. The molecule has 20 heavy (non-hydrogen) atoms. The van der Waals surface area contributed by atoms with Crippen molar-refractivity contribution >= 4 is 39.8 Å². The Morgan fingerprint density at radius 2 is 1.80 bits per heavy atom. The highest BCUT2D eigenvalue weighted by Crippen LogP contribution is 2.16. The lowest BCUT2D eigenvalue weighted by atomic mass is 10.3. The Bertz CT molecular complexity index is 808. The molecule has 0 radical (unpaired) electrons. The number of anilines is 2. The molecule has 0 aliphatic carbocycles. The van der Waals surface area contributed by atoms with Gasteiger partial charge in [0.2, 0.25) is 0 Å². The monoisotopic (exact) mass is 285 g/mol. The van der Waals surface area contributed by atoms with Crippen LogP contribution in [0, 0.1) is 0 Å². The van der Waals surface area contributed by atoms with Gasteiger partial charge < -0.3 is 15.1 Å². The summed E-state index contributed by atoms with van der Waals surface area (Å²) >= 11 is 5.22. The van der Waals surface area contributed by atoms with Crippen LogP contribution in [0.2, 0.25) is 0 Å². The molecule has 3 N–H and O–H groups in total. The summed E-state index contributed by atoms with van der Waals surface area (Å²) in [7, 11) is 0. The first-order valence-corrected chi connectivity index (χ1v) is 6.37. The lowest BCUT2D eigenvalue weighted by molar-refractivity contribution is 0.555. The molecule has 0 saturated carbocycles. The summed E-state index contributed by atoms with van der Waals surface area (Å²) in [6, 6.07) is 14.9. The quantitative estimate of drug-likeness (QED) is 0.632. The first-order chi connectivity index (χ1) is 9.70. The summed E-state index contributed by atoms with van der Waals surface area (Å²) in [5.74, 6) is -0.470. The number of H-pyrrole nitrogens is 1. The molecule has 0 amide bonds. The molecule has 2 aromatic carbocycles. The van der Waals surface area contributed by atoms with Gasteiger partial charge in [-0.25, -0.2) is 4.79 Å². The Labute approximate surface area is 119 Å². The van der Waals surface area contributed by atoms with Gasteiger partial charge in [0, 0.05) is 17.4 Å². The Morgan fingerprint density at radius 3 is 2.60 bits per heavy atom. The molecule has 5 nitrogen and oxygen atoms in total. The van der Waals surface area contributed by atoms with Gasteiger partial charge in [0.15, 0.2) is 10.7 Å². The van der Waals surface area contributed by atoms with Gasteiger partial charge in [0.25, 0.3) is 0 Å². The van der Waals surface area contributed by atoms with Crippen LogP contribution in [-0.4, -0.2) is 10.1 Å². The van der Waals surface area contributed by atoms with Crippen LogP contribution < -0.4 is 16.4 Å². The van der Waals surface area contributed by atoms with Crippen LogP contribution >= 0.6 is 12.2 Å². The average Bonchev–Trinajstić information content (AvgIpc) is 2.79. The summed E-state index contributed by atoms with van der Waals surface area (Å²) in [5.41, 5.74) is 2.79. The van der Waals surface area contributed by atoms with Crippen molar-refractivity contribution in [1.82, 2.24) is 4.98 Å². The lowest BCUT2D eigenvalue weighted by Crippen LogP contribution is -2.18. The van der Waals surface area contributed by atoms with Crippen molar-refractivity contribution in [3.05, 3.63) is 59.1 Å². The fourth-order valence-electron chi connectivity index (χ4n) is 1.84. The molecule has 100 valence electrons. The first-order valence-electron chi connectivity index (χ1n) is 5.97. The molecular weight excluding hydrogens is 274 g/mol. The maximum Gasteiger partial charge on any atom is 0.417 e. The lowest BCUT2D eigenvalue weighted by Gasteiger charge is -2.10. The molecule has 0 spiro atoms. The van der Waals surface area contributed by atoms with E-state index in [2.05, 4.69) is 15.6 Å². The minimum atomic E-state index is -0.470. The molecular formula is C14H11N3O2S. The predicted octanol–water partition coefficient (Wildman–Crippen LogP) is 2.93. The zero-order chi connectivity index (χ0) is 13.9. The number of para-hydroxylation sites is 1. The number of aromatic nitrogens is 1. The van der Waals surface area contributed by atoms with Gasteiger partial charge in [-0.1, -0.05) is 18.2 Å². The average molecular weight is 285 g/mol. The van der Waals surface area contributed by atoms with Gasteiger partial charge >= 0.3 is 5.76 Å². The van der Waals surface area contributed by atoms with Gasteiger partial charge in [-0.2, -0.15) is 0 Å². The van der Waals surface area contributed by atoms with Crippen LogP contribution in [-0.2, 0) is 0 Å². The zero-order valence-electron chi connectivity index (χ0n) is 10.3. The minimum absolute atomic E-state index is 0.466. The molecule has 0 aliphatic heterocycles. The Hall–Kier alpha value is -2.60. The van der Waals surface area contributed by atoms with Crippen LogP contribution in [0.4, 0.5) is 11.4 Å². The van der Waals surface area contributed by atoms with Crippen molar-refractivity contribution in [1.29, 1.82) is 0 Å². The molecule has 0 saturated heterocycles. The maximum atomic E-state index is 11.1. The van der Waals surface area contributed by atoms with E-state index in [4.69, 9.17) is 16.6 Å². The van der Waals surface area contributed by atoms with Crippen molar-refractivity contribution in [3.63, 3.8) is 0 Å². The zero-order valence-corrected chi connectivity index (χ0v) is 11.2. The largest absolute Gasteiger partial charge is 0.417 e. The highest BCUT2D eigenvalue weighted by Gasteiger charge is 2.03. The number of fused-ring (bicyclic) bond motifs is 1.